The van der Waals surface area contributed by atoms with Crippen molar-refractivity contribution in [3.05, 3.63) is 77.4 Å². The molecule has 4 heteroatoms. The molecule has 2 aromatic rings. The second-order valence-electron chi connectivity index (χ2n) is 5.96. The van der Waals surface area contributed by atoms with E-state index in [9.17, 15) is 10.1 Å². The monoisotopic (exact) mass is 360 g/mol. The van der Waals surface area contributed by atoms with Crippen LogP contribution in [0.15, 0.2) is 60.7 Å². The number of rotatable bonds is 8. The smallest absolute Gasteiger partial charge is 0.349 e. The van der Waals surface area contributed by atoms with Gasteiger partial charge in [-0.2, -0.15) is 5.26 Å². The molecule has 0 aliphatic carbocycles. The first-order valence-corrected chi connectivity index (χ1v) is 8.96. The molecule has 0 N–H and O–H groups in total. The van der Waals surface area contributed by atoms with Crippen molar-refractivity contribution in [3.63, 3.8) is 0 Å². The van der Waals surface area contributed by atoms with Gasteiger partial charge in [-0.1, -0.05) is 49.1 Å². The van der Waals surface area contributed by atoms with Gasteiger partial charge in [0.25, 0.3) is 0 Å². The van der Waals surface area contributed by atoms with Gasteiger partial charge in [-0.25, -0.2) is 4.79 Å². The fourth-order valence-corrected chi connectivity index (χ4v) is 2.65. The minimum absolute atomic E-state index is 0.0201. The molecule has 0 spiro atoms. The summed E-state index contributed by atoms with van der Waals surface area (Å²) in [6.45, 7) is 9.88. The maximum absolute atomic E-state index is 12.2. The van der Waals surface area contributed by atoms with Gasteiger partial charge in [0.05, 0.1) is 0 Å². The fourth-order valence-electron chi connectivity index (χ4n) is 2.65. The van der Waals surface area contributed by atoms with Crippen molar-refractivity contribution in [1.82, 2.24) is 0 Å². The van der Waals surface area contributed by atoms with Crippen LogP contribution in [0.2, 0.25) is 0 Å². The third-order valence-corrected chi connectivity index (χ3v) is 4.26. The number of esters is 1. The second-order valence-corrected chi connectivity index (χ2v) is 5.96. The maximum atomic E-state index is 12.2. The molecule has 0 saturated heterocycles. The molecule has 0 heterocycles. The van der Waals surface area contributed by atoms with Gasteiger partial charge in [0, 0.05) is 18.8 Å². The molecule has 2 rings (SSSR count). The zero-order valence-electron chi connectivity index (χ0n) is 15.8. The molecule has 0 aliphatic heterocycles. The van der Waals surface area contributed by atoms with Crippen molar-refractivity contribution < 1.29 is 9.53 Å². The molecule has 0 unspecified atom stereocenters. The van der Waals surface area contributed by atoms with E-state index < -0.39 is 5.97 Å². The van der Waals surface area contributed by atoms with Gasteiger partial charge in [0.15, 0.2) is 0 Å². The average Bonchev–Trinajstić information content (AvgIpc) is 2.72. The number of carbonyl (C=O) groups excluding carboxylic acids is 1. The van der Waals surface area contributed by atoms with Gasteiger partial charge in [-0.05, 0) is 48.7 Å². The molecule has 0 aromatic heterocycles. The lowest BCUT2D eigenvalue weighted by atomic mass is 10.1. The van der Waals surface area contributed by atoms with Crippen molar-refractivity contribution in [1.29, 1.82) is 5.26 Å². The summed E-state index contributed by atoms with van der Waals surface area (Å²) in [6.07, 6.45) is 3.30. The van der Waals surface area contributed by atoms with E-state index in [2.05, 4.69) is 25.3 Å². The highest BCUT2D eigenvalue weighted by Crippen LogP contribution is 2.17. The van der Waals surface area contributed by atoms with Gasteiger partial charge in [0.1, 0.15) is 18.2 Å². The van der Waals surface area contributed by atoms with Crippen molar-refractivity contribution in [2.24, 2.45) is 0 Å². The Hall–Kier alpha value is -3.32. The number of hydrogen-bond acceptors (Lipinski definition) is 4. The zero-order chi connectivity index (χ0) is 19.6. The molecule has 0 atom stereocenters. The first kappa shape index (κ1) is 20.0. The summed E-state index contributed by atoms with van der Waals surface area (Å²) in [5.74, 6) is -0.627. The first-order chi connectivity index (χ1) is 13.1. The first-order valence-electron chi connectivity index (χ1n) is 8.96. The van der Waals surface area contributed by atoms with Crippen LogP contribution in [0.4, 0.5) is 5.69 Å². The third-order valence-electron chi connectivity index (χ3n) is 4.26. The van der Waals surface area contributed by atoms with Crippen LogP contribution >= 0.6 is 0 Å². The minimum atomic E-state index is -0.627. The summed E-state index contributed by atoms with van der Waals surface area (Å²) >= 11 is 0. The van der Waals surface area contributed by atoms with E-state index in [-0.39, 0.29) is 12.2 Å². The van der Waals surface area contributed by atoms with Crippen molar-refractivity contribution in [2.75, 3.05) is 18.0 Å². The van der Waals surface area contributed by atoms with Crippen LogP contribution in [0.1, 0.15) is 30.5 Å². The van der Waals surface area contributed by atoms with E-state index in [1.165, 1.54) is 0 Å². The topological polar surface area (TPSA) is 53.3 Å². The summed E-state index contributed by atoms with van der Waals surface area (Å²) in [6, 6.07) is 17.2. The van der Waals surface area contributed by atoms with E-state index in [1.54, 1.807) is 12.2 Å². The van der Waals surface area contributed by atoms with E-state index in [1.807, 2.05) is 54.6 Å². The number of benzene rings is 2. The Bertz CT molecular complexity index is 839. The maximum Gasteiger partial charge on any atom is 0.349 e. The number of hydrogen-bond donors (Lipinski definition) is 0. The lowest BCUT2D eigenvalue weighted by molar-refractivity contribution is -0.139. The zero-order valence-corrected chi connectivity index (χ0v) is 15.8. The Labute approximate surface area is 161 Å². The highest BCUT2D eigenvalue weighted by Gasteiger charge is 2.11. The molecule has 0 radical (unpaired) electrons. The molecular formula is C23H24N2O2. The molecule has 0 aliphatic rings. The summed E-state index contributed by atoms with van der Waals surface area (Å²) < 4.78 is 5.26. The minimum Gasteiger partial charge on any atom is -0.457 e. The SMILES string of the molecule is C=Cc1ccc(COC(=O)/C(C#N)=C/c2ccc(N(CC)CC)cc2)cc1. The molecule has 4 nitrogen and oxygen atoms in total. The summed E-state index contributed by atoms with van der Waals surface area (Å²) in [4.78, 5) is 14.4. The molecule has 0 saturated carbocycles. The molecule has 0 bridgehead atoms. The van der Waals surface area contributed by atoms with E-state index in [0.717, 1.165) is 35.5 Å². The van der Waals surface area contributed by atoms with Crippen LogP contribution < -0.4 is 4.90 Å². The Morgan fingerprint density at radius 2 is 1.67 bits per heavy atom. The van der Waals surface area contributed by atoms with E-state index >= 15 is 0 Å². The number of anilines is 1. The van der Waals surface area contributed by atoms with Crippen molar-refractivity contribution >= 4 is 23.8 Å². The predicted octanol–water partition coefficient (Wildman–Crippen LogP) is 4.83. The van der Waals surface area contributed by atoms with E-state index in [4.69, 9.17) is 4.74 Å². The lowest BCUT2D eigenvalue weighted by Crippen LogP contribution is -2.21. The predicted molar refractivity (Wildman–Crippen MR) is 110 cm³/mol. The Balaban J connectivity index is 2.04. The number of nitriles is 1. The average molecular weight is 360 g/mol. The fraction of sp³-hybridized carbons (Fsp3) is 0.217. The van der Waals surface area contributed by atoms with Gasteiger partial charge in [0.2, 0.25) is 0 Å². The Morgan fingerprint density at radius 3 is 2.19 bits per heavy atom. The van der Waals surface area contributed by atoms with Crippen LogP contribution in [0.3, 0.4) is 0 Å². The largest absolute Gasteiger partial charge is 0.457 e. The number of nitrogens with zero attached hydrogens (tertiary/aromatic N) is 2. The van der Waals surface area contributed by atoms with Crippen LogP contribution in [0.25, 0.3) is 12.2 Å². The molecule has 2 aromatic carbocycles. The van der Waals surface area contributed by atoms with Gasteiger partial charge < -0.3 is 9.64 Å². The van der Waals surface area contributed by atoms with Crippen molar-refractivity contribution in [2.45, 2.75) is 20.5 Å². The van der Waals surface area contributed by atoms with Crippen LogP contribution in [0.5, 0.6) is 0 Å². The van der Waals surface area contributed by atoms with Gasteiger partial charge in [-0.3, -0.25) is 0 Å². The summed E-state index contributed by atoms with van der Waals surface area (Å²) in [5, 5.41) is 9.30. The van der Waals surface area contributed by atoms with Gasteiger partial charge >= 0.3 is 5.97 Å². The Morgan fingerprint density at radius 1 is 1.07 bits per heavy atom. The molecule has 27 heavy (non-hydrogen) atoms. The third kappa shape index (κ3) is 5.58. The Kier molecular flexibility index (Phi) is 7.39. The summed E-state index contributed by atoms with van der Waals surface area (Å²) in [5.41, 5.74) is 3.73. The second kappa shape index (κ2) is 9.98. The molecule has 0 fully saturated rings. The normalized spacial score (nSPS) is 10.8. The molecule has 0 amide bonds. The number of carbonyl (C=O) groups is 1. The van der Waals surface area contributed by atoms with Crippen LogP contribution in [-0.2, 0) is 16.1 Å². The molecule has 138 valence electrons. The highest BCUT2D eigenvalue weighted by atomic mass is 16.5. The van der Waals surface area contributed by atoms with Crippen LogP contribution in [-0.4, -0.2) is 19.1 Å². The highest BCUT2D eigenvalue weighted by molar-refractivity contribution is 5.97. The standard InChI is InChI=1S/C23H24N2O2/c1-4-18-7-9-20(10-8-18)17-27-23(26)21(16-24)15-19-11-13-22(14-12-19)25(5-2)6-3/h4,7-15H,1,5-6,17H2,2-3H3/b21-15+. The van der Waals surface area contributed by atoms with E-state index in [0.29, 0.717) is 0 Å². The van der Waals surface area contributed by atoms with Gasteiger partial charge in [-0.15, -0.1) is 0 Å². The quantitative estimate of drug-likeness (QED) is 0.384. The van der Waals surface area contributed by atoms with Crippen molar-refractivity contribution in [3.8, 4) is 6.07 Å². The number of ether oxygens (including phenoxy) is 1. The molecular weight excluding hydrogens is 336 g/mol. The van der Waals surface area contributed by atoms with Crippen LogP contribution in [0, 0.1) is 11.3 Å². The summed E-state index contributed by atoms with van der Waals surface area (Å²) in [7, 11) is 0. The lowest BCUT2D eigenvalue weighted by Gasteiger charge is -2.20.